The van der Waals surface area contributed by atoms with Crippen molar-refractivity contribution in [2.75, 3.05) is 5.75 Å². The van der Waals surface area contributed by atoms with Gasteiger partial charge < -0.3 is 10.4 Å². The van der Waals surface area contributed by atoms with Gasteiger partial charge in [-0.15, -0.1) is 0 Å². The van der Waals surface area contributed by atoms with Gasteiger partial charge in [0.25, 0.3) is 5.56 Å². The minimum Gasteiger partial charge on any atom is -0.493 e. The highest BCUT2D eigenvalue weighted by Crippen LogP contribution is 2.21. The molecule has 1 aromatic heterocycles. The van der Waals surface area contributed by atoms with Crippen molar-refractivity contribution in [1.82, 2.24) is 14.9 Å². The molecule has 0 radical (unpaired) electrons. The first-order valence-corrected chi connectivity index (χ1v) is 8.18. The smallest absolute Gasteiger partial charge is 0.262 e. The lowest BCUT2D eigenvalue weighted by molar-refractivity contribution is -0.119. The molecule has 0 unspecified atom stereocenters. The van der Waals surface area contributed by atoms with Gasteiger partial charge in [-0.05, 0) is 32.4 Å². The Bertz CT molecular complexity index is 771. The maximum atomic E-state index is 12.3. The Morgan fingerprint density at radius 3 is 2.74 bits per heavy atom. The highest BCUT2D eigenvalue weighted by molar-refractivity contribution is 7.99. The first-order chi connectivity index (χ1) is 10.9. The molecule has 0 saturated carbocycles. The lowest BCUT2D eigenvalue weighted by atomic mass is 10.2. The number of hydrogen-bond donors (Lipinski definition) is 2. The second kappa shape index (κ2) is 7.32. The predicted octanol–water partition coefficient (Wildman–Crippen LogP) is 1.86. The molecule has 0 aliphatic carbocycles. The Hall–Kier alpha value is -2.28. The topological polar surface area (TPSA) is 84.2 Å². The number of aryl methyl sites for hydroxylation is 1. The van der Waals surface area contributed by atoms with Crippen LogP contribution in [0.3, 0.4) is 0 Å². The minimum absolute atomic E-state index is 0.0406. The fourth-order valence-electron chi connectivity index (χ4n) is 2.08. The third-order valence-corrected chi connectivity index (χ3v) is 3.95. The maximum Gasteiger partial charge on any atom is 0.262 e. The Morgan fingerprint density at radius 1 is 1.39 bits per heavy atom. The van der Waals surface area contributed by atoms with Crippen molar-refractivity contribution in [3.8, 4) is 11.6 Å². The molecule has 2 aromatic rings. The number of aromatic hydroxyl groups is 1. The normalized spacial score (nSPS) is 10.8. The summed E-state index contributed by atoms with van der Waals surface area (Å²) in [6.07, 6.45) is 0. The third-order valence-electron chi connectivity index (χ3n) is 3.01. The number of nitrogens with zero attached hydrogens (tertiary/aromatic N) is 2. The maximum absolute atomic E-state index is 12.3. The SMILES string of the molecule is Cc1ccccc1-n1c(SCC(=O)NC(C)C)nc(O)cc1=O. The molecule has 6 nitrogen and oxygen atoms in total. The largest absolute Gasteiger partial charge is 0.493 e. The molecule has 1 aromatic carbocycles. The van der Waals surface area contributed by atoms with E-state index in [4.69, 9.17) is 0 Å². The van der Waals surface area contributed by atoms with Crippen molar-refractivity contribution in [3.63, 3.8) is 0 Å². The molecule has 0 aliphatic heterocycles. The van der Waals surface area contributed by atoms with Crippen molar-refractivity contribution < 1.29 is 9.90 Å². The Balaban J connectivity index is 2.38. The van der Waals surface area contributed by atoms with Crippen molar-refractivity contribution in [3.05, 3.63) is 46.2 Å². The van der Waals surface area contributed by atoms with Crippen LogP contribution in [0.15, 0.2) is 40.3 Å². The van der Waals surface area contributed by atoms with E-state index in [0.29, 0.717) is 5.69 Å². The number of aromatic nitrogens is 2. The van der Waals surface area contributed by atoms with Gasteiger partial charge in [0.2, 0.25) is 11.8 Å². The van der Waals surface area contributed by atoms with Crippen LogP contribution in [0.2, 0.25) is 0 Å². The number of nitrogens with one attached hydrogen (secondary N) is 1. The molecule has 0 saturated heterocycles. The van der Waals surface area contributed by atoms with Gasteiger partial charge in [-0.1, -0.05) is 30.0 Å². The monoisotopic (exact) mass is 333 g/mol. The van der Waals surface area contributed by atoms with Crippen LogP contribution in [0.25, 0.3) is 5.69 Å². The lowest BCUT2D eigenvalue weighted by Gasteiger charge is -2.14. The predicted molar refractivity (Wildman–Crippen MR) is 90.2 cm³/mol. The molecular weight excluding hydrogens is 314 g/mol. The first-order valence-electron chi connectivity index (χ1n) is 7.19. The van der Waals surface area contributed by atoms with E-state index in [0.717, 1.165) is 23.4 Å². The van der Waals surface area contributed by atoms with Gasteiger partial charge in [-0.25, -0.2) is 0 Å². The van der Waals surface area contributed by atoms with Crippen LogP contribution in [-0.4, -0.2) is 32.4 Å². The second-order valence-corrected chi connectivity index (χ2v) is 6.31. The second-order valence-electron chi connectivity index (χ2n) is 5.37. The first kappa shape index (κ1) is 17.1. The quantitative estimate of drug-likeness (QED) is 0.644. The van der Waals surface area contributed by atoms with Crippen LogP contribution in [-0.2, 0) is 4.79 Å². The van der Waals surface area contributed by atoms with Crippen molar-refractivity contribution in [2.45, 2.75) is 32.0 Å². The Kier molecular flexibility index (Phi) is 5.44. The van der Waals surface area contributed by atoms with E-state index in [2.05, 4.69) is 10.3 Å². The zero-order chi connectivity index (χ0) is 17.0. The number of rotatable bonds is 5. The van der Waals surface area contributed by atoms with Crippen LogP contribution in [0.1, 0.15) is 19.4 Å². The van der Waals surface area contributed by atoms with E-state index in [1.165, 1.54) is 4.57 Å². The molecule has 2 N–H and O–H groups in total. The zero-order valence-electron chi connectivity index (χ0n) is 13.2. The van der Waals surface area contributed by atoms with Crippen molar-refractivity contribution in [2.24, 2.45) is 0 Å². The van der Waals surface area contributed by atoms with Gasteiger partial charge in [0.05, 0.1) is 17.5 Å². The Morgan fingerprint density at radius 2 is 2.09 bits per heavy atom. The molecule has 0 fully saturated rings. The van der Waals surface area contributed by atoms with Crippen molar-refractivity contribution in [1.29, 1.82) is 0 Å². The number of benzene rings is 1. The van der Waals surface area contributed by atoms with E-state index in [9.17, 15) is 14.7 Å². The van der Waals surface area contributed by atoms with Gasteiger partial charge in [0, 0.05) is 6.04 Å². The van der Waals surface area contributed by atoms with E-state index in [1.54, 1.807) is 6.07 Å². The summed E-state index contributed by atoms with van der Waals surface area (Å²) < 4.78 is 1.41. The van der Waals surface area contributed by atoms with Crippen LogP contribution >= 0.6 is 11.8 Å². The zero-order valence-corrected chi connectivity index (χ0v) is 14.1. The van der Waals surface area contributed by atoms with E-state index >= 15 is 0 Å². The average molecular weight is 333 g/mol. The highest BCUT2D eigenvalue weighted by Gasteiger charge is 2.14. The number of para-hydroxylation sites is 1. The van der Waals surface area contributed by atoms with Crippen LogP contribution in [0, 0.1) is 6.92 Å². The molecule has 1 heterocycles. The fraction of sp³-hybridized carbons (Fsp3) is 0.312. The van der Waals surface area contributed by atoms with Crippen LogP contribution < -0.4 is 10.9 Å². The van der Waals surface area contributed by atoms with Crippen LogP contribution in [0.4, 0.5) is 0 Å². The number of carbonyl (C=O) groups is 1. The fourth-order valence-corrected chi connectivity index (χ4v) is 2.90. The summed E-state index contributed by atoms with van der Waals surface area (Å²) in [4.78, 5) is 28.1. The molecule has 0 aliphatic rings. The average Bonchev–Trinajstić information content (AvgIpc) is 2.45. The van der Waals surface area contributed by atoms with E-state index in [1.807, 2.05) is 39.0 Å². The van der Waals surface area contributed by atoms with Crippen LogP contribution in [0.5, 0.6) is 5.88 Å². The highest BCUT2D eigenvalue weighted by atomic mass is 32.2. The lowest BCUT2D eigenvalue weighted by Crippen LogP contribution is -2.31. The summed E-state index contributed by atoms with van der Waals surface area (Å²) in [7, 11) is 0. The molecule has 1 amide bonds. The van der Waals surface area contributed by atoms with Gasteiger partial charge >= 0.3 is 0 Å². The van der Waals surface area contributed by atoms with Gasteiger partial charge in [0.1, 0.15) is 0 Å². The summed E-state index contributed by atoms with van der Waals surface area (Å²) in [5.41, 5.74) is 1.19. The van der Waals surface area contributed by atoms with E-state index < -0.39 is 5.56 Å². The standard InChI is InChI=1S/C16H19N3O3S/c1-10(2)17-14(21)9-23-16-18-13(20)8-15(22)19(16)12-7-5-4-6-11(12)3/h4-8,10,20H,9H2,1-3H3,(H,17,21). The molecule has 2 rings (SSSR count). The molecular formula is C16H19N3O3S. The summed E-state index contributed by atoms with van der Waals surface area (Å²) in [5, 5.41) is 12.7. The summed E-state index contributed by atoms with van der Waals surface area (Å²) in [6, 6.07) is 8.48. The Labute approximate surface area is 138 Å². The van der Waals surface area contributed by atoms with Crippen molar-refractivity contribution >= 4 is 17.7 Å². The molecule has 122 valence electrons. The molecule has 0 spiro atoms. The molecule has 0 atom stereocenters. The number of carbonyl (C=O) groups excluding carboxylic acids is 1. The van der Waals surface area contributed by atoms with E-state index in [-0.39, 0.29) is 28.7 Å². The summed E-state index contributed by atoms with van der Waals surface area (Å²) in [6.45, 7) is 5.63. The summed E-state index contributed by atoms with van der Waals surface area (Å²) in [5.74, 6) is -0.398. The number of hydrogen-bond acceptors (Lipinski definition) is 5. The summed E-state index contributed by atoms with van der Waals surface area (Å²) >= 11 is 1.11. The van der Waals surface area contributed by atoms with Gasteiger partial charge in [-0.3, -0.25) is 14.2 Å². The molecule has 23 heavy (non-hydrogen) atoms. The minimum atomic E-state index is -0.390. The third kappa shape index (κ3) is 4.35. The number of amides is 1. The molecule has 0 bridgehead atoms. The molecule has 7 heteroatoms. The van der Waals surface area contributed by atoms with Gasteiger partial charge in [0.15, 0.2) is 5.16 Å². The van der Waals surface area contributed by atoms with Gasteiger partial charge in [-0.2, -0.15) is 4.98 Å². The number of thioether (sulfide) groups is 1.